The fourth-order valence-electron chi connectivity index (χ4n) is 2.33. The summed E-state index contributed by atoms with van der Waals surface area (Å²) in [5.41, 5.74) is 0.902. The largest absolute Gasteiger partial charge is 0.276 e. The molecule has 0 radical (unpaired) electrons. The summed E-state index contributed by atoms with van der Waals surface area (Å²) in [7, 11) is 0. The predicted molar refractivity (Wildman–Crippen MR) is 104 cm³/mol. The number of hydrogen-bond acceptors (Lipinski definition) is 5. The van der Waals surface area contributed by atoms with Crippen molar-refractivity contribution in [1.29, 1.82) is 0 Å². The number of thioether (sulfide) groups is 1. The Morgan fingerprint density at radius 3 is 2.54 bits per heavy atom. The maximum Gasteiger partial charge on any atom is 0.276 e. The van der Waals surface area contributed by atoms with Gasteiger partial charge in [0.25, 0.3) is 11.6 Å². The van der Waals surface area contributed by atoms with Gasteiger partial charge in [-0.2, -0.15) is 0 Å². The number of para-hydroxylation sites is 1. The molecule has 1 saturated heterocycles. The Morgan fingerprint density at radius 2 is 1.85 bits per heavy atom. The molecule has 3 rings (SSSR count). The number of allylic oxidation sites excluding steroid dienone is 2. The third-order valence-electron chi connectivity index (χ3n) is 3.54. The molecule has 1 aliphatic rings. The minimum Gasteiger partial charge on any atom is -0.268 e. The third-order valence-corrected chi connectivity index (χ3v) is 4.86. The van der Waals surface area contributed by atoms with Gasteiger partial charge in [-0.15, -0.1) is 0 Å². The number of carbonyl (C=O) groups excluding carboxylic acids is 1. The van der Waals surface area contributed by atoms with Gasteiger partial charge in [0.05, 0.1) is 21.1 Å². The van der Waals surface area contributed by atoms with Crippen LogP contribution in [-0.2, 0) is 4.79 Å². The molecule has 0 unspecified atom stereocenters. The molecule has 0 atom stereocenters. The van der Waals surface area contributed by atoms with Crippen molar-refractivity contribution in [3.05, 3.63) is 87.1 Å². The molecular weight excluding hydrogens is 375 g/mol. The SMILES string of the molecule is O=C1/C(=C/C=C/c2ccccc2[N+](=O)[O-])SC(=S)N1c1ccc(F)cc1. The lowest BCUT2D eigenvalue weighted by Gasteiger charge is -2.13. The van der Waals surface area contributed by atoms with Crippen LogP contribution < -0.4 is 4.90 Å². The zero-order chi connectivity index (χ0) is 18.7. The number of benzene rings is 2. The standard InChI is InChI=1S/C18H11FN2O3S2/c19-13-8-10-14(11-9-13)20-17(22)16(26-18(20)25)7-3-5-12-4-1-2-6-15(12)21(23)24/h1-11H/b5-3+,16-7-. The van der Waals surface area contributed by atoms with Crippen LogP contribution in [0.3, 0.4) is 0 Å². The molecule has 0 bridgehead atoms. The highest BCUT2D eigenvalue weighted by atomic mass is 32.2. The van der Waals surface area contributed by atoms with Crippen molar-refractivity contribution in [3.63, 3.8) is 0 Å². The highest BCUT2D eigenvalue weighted by molar-refractivity contribution is 8.27. The first kappa shape index (κ1) is 18.0. The zero-order valence-corrected chi connectivity index (χ0v) is 14.8. The summed E-state index contributed by atoms with van der Waals surface area (Å²) in [5.74, 6) is -0.721. The Morgan fingerprint density at radius 1 is 1.15 bits per heavy atom. The molecule has 8 heteroatoms. The molecule has 2 aromatic carbocycles. The van der Waals surface area contributed by atoms with E-state index in [0.717, 1.165) is 11.8 Å². The van der Waals surface area contributed by atoms with E-state index in [2.05, 4.69) is 0 Å². The minimum absolute atomic E-state index is 0.0176. The van der Waals surface area contributed by atoms with Crippen LogP contribution in [0.2, 0.25) is 0 Å². The number of anilines is 1. The van der Waals surface area contributed by atoms with Gasteiger partial charge in [-0.3, -0.25) is 19.8 Å². The first-order valence-corrected chi connectivity index (χ1v) is 8.63. The molecule has 0 saturated carbocycles. The molecule has 0 spiro atoms. The van der Waals surface area contributed by atoms with Crippen LogP contribution in [0.1, 0.15) is 5.56 Å². The van der Waals surface area contributed by atoms with E-state index in [-0.39, 0.29) is 11.6 Å². The van der Waals surface area contributed by atoms with Crippen molar-refractivity contribution in [2.24, 2.45) is 0 Å². The number of nitrogens with zero attached hydrogens (tertiary/aromatic N) is 2. The molecular formula is C18H11FN2O3S2. The van der Waals surface area contributed by atoms with Gasteiger partial charge < -0.3 is 0 Å². The lowest BCUT2D eigenvalue weighted by molar-refractivity contribution is -0.385. The first-order valence-electron chi connectivity index (χ1n) is 7.41. The number of nitro groups is 1. The Bertz CT molecular complexity index is 955. The van der Waals surface area contributed by atoms with E-state index < -0.39 is 10.7 Å². The van der Waals surface area contributed by atoms with Crippen molar-refractivity contribution in [3.8, 4) is 0 Å². The summed E-state index contributed by atoms with van der Waals surface area (Å²) in [4.78, 5) is 24.8. The number of amides is 1. The smallest absolute Gasteiger partial charge is 0.268 e. The summed E-state index contributed by atoms with van der Waals surface area (Å²) in [6.45, 7) is 0. The van der Waals surface area contributed by atoms with Crippen LogP contribution in [0.4, 0.5) is 15.8 Å². The van der Waals surface area contributed by atoms with E-state index in [1.165, 1.54) is 35.2 Å². The van der Waals surface area contributed by atoms with Crippen LogP contribution in [0.25, 0.3) is 6.08 Å². The van der Waals surface area contributed by atoms with Crippen LogP contribution in [-0.4, -0.2) is 15.2 Å². The Balaban J connectivity index is 1.82. The van der Waals surface area contributed by atoms with Crippen LogP contribution in [0.15, 0.2) is 65.6 Å². The van der Waals surface area contributed by atoms with E-state index in [9.17, 15) is 19.3 Å². The molecule has 0 N–H and O–H groups in total. The van der Waals surface area contributed by atoms with Crippen LogP contribution in [0, 0.1) is 15.9 Å². The van der Waals surface area contributed by atoms with Gasteiger partial charge in [0.2, 0.25) is 0 Å². The maximum atomic E-state index is 13.1. The Kier molecular flexibility index (Phi) is 5.24. The van der Waals surface area contributed by atoms with Crippen LogP contribution in [0.5, 0.6) is 0 Å². The molecule has 1 amide bonds. The molecule has 2 aromatic rings. The lowest BCUT2D eigenvalue weighted by Crippen LogP contribution is -2.27. The maximum absolute atomic E-state index is 13.1. The van der Waals surface area contributed by atoms with E-state index in [0.29, 0.717) is 20.5 Å². The van der Waals surface area contributed by atoms with Gasteiger partial charge in [0.15, 0.2) is 4.32 Å². The third kappa shape index (κ3) is 3.71. The molecule has 1 fully saturated rings. The van der Waals surface area contributed by atoms with E-state index in [1.807, 2.05) is 0 Å². The van der Waals surface area contributed by atoms with Gasteiger partial charge >= 0.3 is 0 Å². The summed E-state index contributed by atoms with van der Waals surface area (Å²) in [6, 6.07) is 11.8. The monoisotopic (exact) mass is 386 g/mol. The van der Waals surface area contributed by atoms with Gasteiger partial charge in [-0.25, -0.2) is 4.39 Å². The van der Waals surface area contributed by atoms with Gasteiger partial charge in [0, 0.05) is 6.07 Å². The van der Waals surface area contributed by atoms with Gasteiger partial charge in [-0.1, -0.05) is 42.2 Å². The Labute approximate surface area is 158 Å². The van der Waals surface area contributed by atoms with Crippen molar-refractivity contribution < 1.29 is 14.1 Å². The van der Waals surface area contributed by atoms with Crippen molar-refractivity contribution in [2.45, 2.75) is 0 Å². The lowest BCUT2D eigenvalue weighted by atomic mass is 10.1. The van der Waals surface area contributed by atoms with Crippen molar-refractivity contribution in [2.75, 3.05) is 4.90 Å². The second-order valence-electron chi connectivity index (χ2n) is 5.19. The number of nitro benzene ring substituents is 1. The molecule has 26 heavy (non-hydrogen) atoms. The summed E-state index contributed by atoms with van der Waals surface area (Å²) in [5, 5.41) is 11.0. The fourth-order valence-corrected chi connectivity index (χ4v) is 3.58. The van der Waals surface area contributed by atoms with Gasteiger partial charge in [0.1, 0.15) is 5.82 Å². The van der Waals surface area contributed by atoms with Crippen molar-refractivity contribution >= 4 is 51.7 Å². The zero-order valence-electron chi connectivity index (χ0n) is 13.2. The molecule has 0 aromatic heterocycles. The average Bonchev–Trinajstić information content (AvgIpc) is 2.90. The van der Waals surface area contributed by atoms with Gasteiger partial charge in [-0.05, 0) is 42.5 Å². The average molecular weight is 386 g/mol. The Hall–Kier alpha value is -2.84. The molecule has 1 aliphatic heterocycles. The molecule has 1 heterocycles. The second kappa shape index (κ2) is 7.59. The predicted octanol–water partition coefficient (Wildman–Crippen LogP) is 4.70. The highest BCUT2D eigenvalue weighted by Gasteiger charge is 2.32. The number of rotatable bonds is 4. The summed E-state index contributed by atoms with van der Waals surface area (Å²) >= 11 is 6.34. The van der Waals surface area contributed by atoms with E-state index >= 15 is 0 Å². The normalized spacial score (nSPS) is 16.0. The molecule has 0 aliphatic carbocycles. The van der Waals surface area contributed by atoms with E-state index in [1.54, 1.807) is 36.4 Å². The van der Waals surface area contributed by atoms with Crippen LogP contribution >= 0.6 is 24.0 Å². The second-order valence-corrected chi connectivity index (χ2v) is 6.87. The number of carbonyl (C=O) groups is 1. The van der Waals surface area contributed by atoms with E-state index in [4.69, 9.17) is 12.2 Å². The number of halogens is 1. The van der Waals surface area contributed by atoms with Crippen molar-refractivity contribution in [1.82, 2.24) is 0 Å². The molecule has 130 valence electrons. The number of hydrogen-bond donors (Lipinski definition) is 0. The quantitative estimate of drug-likeness (QED) is 0.330. The number of thiocarbonyl (C=S) groups is 1. The summed E-state index contributed by atoms with van der Waals surface area (Å²) < 4.78 is 13.4. The summed E-state index contributed by atoms with van der Waals surface area (Å²) in [6.07, 6.45) is 4.68. The highest BCUT2D eigenvalue weighted by Crippen LogP contribution is 2.35. The first-order chi connectivity index (χ1) is 12.5. The fraction of sp³-hybridized carbons (Fsp3) is 0. The molecule has 5 nitrogen and oxygen atoms in total. The topological polar surface area (TPSA) is 63.4 Å². The minimum atomic E-state index is -0.465.